The molecule has 0 aliphatic carbocycles. The minimum absolute atomic E-state index is 0.209. The number of carbonyl (C=O) groups excluding carboxylic acids is 3. The van der Waals surface area contributed by atoms with Crippen LogP contribution >= 0.6 is 0 Å². The molecule has 5 nitrogen and oxygen atoms in total. The molecule has 0 aliphatic rings. The fourth-order valence-corrected chi connectivity index (χ4v) is 0.828. The molecule has 5 heteroatoms. The Morgan fingerprint density at radius 1 is 1.12 bits per heavy atom. The standard InChI is InChI=1S/C9H10O.2CHNO/c1-2-9(10)8-6-4-3-5-7-8;2*2-1-3/h3-7H,2H2,1H3;2*2H. The third-order valence-corrected chi connectivity index (χ3v) is 1.42. The Kier molecular flexibility index (Phi) is 12.7. The Balaban J connectivity index is 0. The predicted octanol–water partition coefficient (Wildman–Crippen LogP) is 2.08. The monoisotopic (exact) mass is 220 g/mol. The summed E-state index contributed by atoms with van der Waals surface area (Å²) in [5.74, 6) is 0.209. The van der Waals surface area contributed by atoms with Crippen LogP contribution < -0.4 is 0 Å². The lowest BCUT2D eigenvalue weighted by molar-refractivity contribution is 0.0988. The van der Waals surface area contributed by atoms with Crippen LogP contribution in [0.3, 0.4) is 0 Å². The van der Waals surface area contributed by atoms with E-state index in [9.17, 15) is 4.79 Å². The molecule has 1 aromatic carbocycles. The average molecular weight is 220 g/mol. The highest BCUT2D eigenvalue weighted by Crippen LogP contribution is 2.01. The van der Waals surface area contributed by atoms with Crippen molar-refractivity contribution in [2.45, 2.75) is 13.3 Å². The number of rotatable bonds is 2. The summed E-state index contributed by atoms with van der Waals surface area (Å²) in [6, 6.07) is 9.34. The lowest BCUT2D eigenvalue weighted by Gasteiger charge is -1.93. The highest BCUT2D eigenvalue weighted by Gasteiger charge is 1.98. The highest BCUT2D eigenvalue weighted by atomic mass is 16.1. The van der Waals surface area contributed by atoms with E-state index in [1.54, 1.807) is 0 Å². The lowest BCUT2D eigenvalue weighted by atomic mass is 10.1. The van der Waals surface area contributed by atoms with E-state index in [1.165, 1.54) is 0 Å². The maximum atomic E-state index is 11.0. The molecule has 0 aromatic heterocycles. The molecule has 1 rings (SSSR count). The van der Waals surface area contributed by atoms with Gasteiger partial charge < -0.3 is 0 Å². The van der Waals surface area contributed by atoms with Crippen molar-refractivity contribution in [1.29, 1.82) is 10.8 Å². The van der Waals surface area contributed by atoms with E-state index in [0.717, 1.165) is 17.7 Å². The number of ketones is 1. The van der Waals surface area contributed by atoms with Gasteiger partial charge in [-0.25, -0.2) is 20.4 Å². The van der Waals surface area contributed by atoms with Crippen molar-refractivity contribution in [1.82, 2.24) is 0 Å². The Bertz CT molecular complexity index is 350. The summed E-state index contributed by atoms with van der Waals surface area (Å²) in [6.07, 6.45) is 2.09. The van der Waals surface area contributed by atoms with E-state index in [1.807, 2.05) is 37.3 Å². The third-order valence-electron chi connectivity index (χ3n) is 1.42. The molecule has 0 saturated heterocycles. The number of nitrogens with one attached hydrogen (secondary N) is 2. The van der Waals surface area contributed by atoms with E-state index < -0.39 is 0 Å². The summed E-state index contributed by atoms with van der Waals surface area (Å²) < 4.78 is 0. The van der Waals surface area contributed by atoms with Crippen LogP contribution in [0.15, 0.2) is 30.3 Å². The molecule has 0 amide bonds. The van der Waals surface area contributed by atoms with Gasteiger partial charge >= 0.3 is 0 Å². The summed E-state index contributed by atoms with van der Waals surface area (Å²) in [4.78, 5) is 27.7. The molecule has 0 unspecified atom stereocenters. The quantitative estimate of drug-likeness (QED) is 0.453. The molecule has 0 bridgehead atoms. The number of hydrogen-bond acceptors (Lipinski definition) is 5. The second-order valence-corrected chi connectivity index (χ2v) is 2.35. The van der Waals surface area contributed by atoms with E-state index in [4.69, 9.17) is 20.4 Å². The van der Waals surface area contributed by atoms with E-state index in [0.29, 0.717) is 6.42 Å². The maximum Gasteiger partial charge on any atom is 0.231 e. The largest absolute Gasteiger partial charge is 0.294 e. The van der Waals surface area contributed by atoms with E-state index >= 15 is 0 Å². The summed E-state index contributed by atoms with van der Waals surface area (Å²) in [5.41, 5.74) is 0.810. The first-order chi connectivity index (χ1) is 7.67. The molecule has 0 saturated carbocycles. The second-order valence-electron chi connectivity index (χ2n) is 2.35. The van der Waals surface area contributed by atoms with Gasteiger partial charge in [0.2, 0.25) is 12.2 Å². The molecule has 0 spiro atoms. The van der Waals surface area contributed by atoms with Gasteiger partial charge in [0.1, 0.15) is 0 Å². The molecule has 0 radical (unpaired) electrons. The number of carbonyl (C=O) groups is 1. The molecule has 16 heavy (non-hydrogen) atoms. The predicted molar refractivity (Wildman–Crippen MR) is 57.9 cm³/mol. The van der Waals surface area contributed by atoms with Gasteiger partial charge in [-0.2, -0.15) is 0 Å². The van der Waals surface area contributed by atoms with Gasteiger partial charge in [0.25, 0.3) is 0 Å². The molecular weight excluding hydrogens is 208 g/mol. The Morgan fingerprint density at radius 2 is 1.50 bits per heavy atom. The van der Waals surface area contributed by atoms with Gasteiger partial charge in [-0.05, 0) is 0 Å². The summed E-state index contributed by atoms with van der Waals surface area (Å²) >= 11 is 0. The van der Waals surface area contributed by atoms with Crippen LogP contribution in [0, 0.1) is 10.8 Å². The molecule has 84 valence electrons. The number of benzene rings is 1. The Labute approximate surface area is 93.1 Å². The van der Waals surface area contributed by atoms with Crippen molar-refractivity contribution in [2.24, 2.45) is 0 Å². The maximum absolute atomic E-state index is 11.0. The lowest BCUT2D eigenvalue weighted by Crippen LogP contribution is -1.94. The number of Topliss-reactive ketones (excluding diaryl/α,β-unsaturated/α-hetero) is 1. The number of isocyanates is 2. The fourth-order valence-electron chi connectivity index (χ4n) is 0.828. The van der Waals surface area contributed by atoms with Gasteiger partial charge in [-0.15, -0.1) is 0 Å². The van der Waals surface area contributed by atoms with Gasteiger partial charge in [0.15, 0.2) is 5.78 Å². The molecule has 0 heterocycles. The third kappa shape index (κ3) is 9.74. The van der Waals surface area contributed by atoms with Crippen LogP contribution in [0.25, 0.3) is 0 Å². The van der Waals surface area contributed by atoms with Gasteiger partial charge in [-0.3, -0.25) is 4.79 Å². The highest BCUT2D eigenvalue weighted by molar-refractivity contribution is 5.95. The molecule has 2 N–H and O–H groups in total. The fraction of sp³-hybridized carbons (Fsp3) is 0.182. The topological polar surface area (TPSA) is 98.9 Å². The van der Waals surface area contributed by atoms with Crippen molar-refractivity contribution in [3.63, 3.8) is 0 Å². The van der Waals surface area contributed by atoms with Crippen molar-refractivity contribution in [3.05, 3.63) is 35.9 Å². The van der Waals surface area contributed by atoms with Crippen LogP contribution in [0.4, 0.5) is 0 Å². The minimum Gasteiger partial charge on any atom is -0.294 e. The SMILES string of the molecule is CCC(=O)c1ccccc1.N=C=O.N=C=O. The van der Waals surface area contributed by atoms with Gasteiger partial charge in [0.05, 0.1) is 0 Å². The van der Waals surface area contributed by atoms with Crippen molar-refractivity contribution >= 4 is 17.9 Å². The molecule has 1 aromatic rings. The van der Waals surface area contributed by atoms with Crippen molar-refractivity contribution < 1.29 is 14.4 Å². The van der Waals surface area contributed by atoms with Crippen LogP contribution in [-0.4, -0.2) is 17.9 Å². The van der Waals surface area contributed by atoms with Crippen LogP contribution in [0.1, 0.15) is 23.7 Å². The summed E-state index contributed by atoms with van der Waals surface area (Å²) in [7, 11) is 0. The molecule has 0 fully saturated rings. The van der Waals surface area contributed by atoms with Crippen molar-refractivity contribution in [3.8, 4) is 0 Å². The van der Waals surface area contributed by atoms with Crippen LogP contribution in [-0.2, 0) is 9.59 Å². The zero-order valence-corrected chi connectivity index (χ0v) is 8.82. The zero-order valence-electron chi connectivity index (χ0n) is 8.82. The van der Waals surface area contributed by atoms with Gasteiger partial charge in [-0.1, -0.05) is 37.3 Å². The summed E-state index contributed by atoms with van der Waals surface area (Å²) in [5, 5.41) is 10.8. The minimum atomic E-state index is 0.209. The summed E-state index contributed by atoms with van der Waals surface area (Å²) in [6.45, 7) is 1.87. The molecular formula is C11H12N2O3. The van der Waals surface area contributed by atoms with E-state index in [2.05, 4.69) is 0 Å². The zero-order chi connectivity index (χ0) is 12.8. The van der Waals surface area contributed by atoms with Crippen LogP contribution in [0.2, 0.25) is 0 Å². The Hall–Kier alpha value is -2.35. The first-order valence-electron chi connectivity index (χ1n) is 4.33. The van der Waals surface area contributed by atoms with Crippen LogP contribution in [0.5, 0.6) is 0 Å². The first-order valence-corrected chi connectivity index (χ1v) is 4.33. The van der Waals surface area contributed by atoms with Crippen molar-refractivity contribution in [2.75, 3.05) is 0 Å². The number of hydrogen-bond donors (Lipinski definition) is 2. The van der Waals surface area contributed by atoms with E-state index in [-0.39, 0.29) is 5.78 Å². The smallest absolute Gasteiger partial charge is 0.231 e. The second kappa shape index (κ2) is 12.7. The molecule has 0 aliphatic heterocycles. The Morgan fingerprint density at radius 3 is 1.81 bits per heavy atom. The molecule has 0 atom stereocenters. The average Bonchev–Trinajstić information content (AvgIpc) is 2.31. The van der Waals surface area contributed by atoms with Gasteiger partial charge in [0, 0.05) is 12.0 Å². The first kappa shape index (κ1) is 16.1. The normalized spacial score (nSPS) is 6.81.